The van der Waals surface area contributed by atoms with Crippen molar-refractivity contribution in [1.82, 2.24) is 0 Å². The molecule has 2 nitrogen and oxygen atoms in total. The van der Waals surface area contributed by atoms with Gasteiger partial charge in [-0.1, -0.05) is 30.3 Å². The molecule has 0 heterocycles. The van der Waals surface area contributed by atoms with Gasteiger partial charge in [-0.25, -0.2) is 4.79 Å². The zero-order valence-corrected chi connectivity index (χ0v) is 10.6. The van der Waals surface area contributed by atoms with Crippen LogP contribution in [-0.4, -0.2) is 13.1 Å². The average Bonchev–Trinajstić information content (AvgIpc) is 2.45. The van der Waals surface area contributed by atoms with E-state index in [1.165, 1.54) is 13.2 Å². The number of carbonyl (C=O) groups excluding carboxylic acids is 1. The highest BCUT2D eigenvalue weighted by atomic mass is 19.4. The Bertz CT molecular complexity index is 619. The van der Waals surface area contributed by atoms with E-state index in [1.807, 2.05) is 0 Å². The molecular weight excluding hydrogens is 269 g/mol. The number of hydrogen-bond acceptors (Lipinski definition) is 2. The summed E-state index contributed by atoms with van der Waals surface area (Å²) in [5, 5.41) is 0. The summed E-state index contributed by atoms with van der Waals surface area (Å²) in [6, 6.07) is 11.3. The molecule has 0 fully saturated rings. The molecule has 0 bridgehead atoms. The topological polar surface area (TPSA) is 26.3 Å². The predicted molar refractivity (Wildman–Crippen MR) is 68.2 cm³/mol. The highest BCUT2D eigenvalue weighted by Crippen LogP contribution is 2.37. The highest BCUT2D eigenvalue weighted by Gasteiger charge is 2.34. The Labute approximate surface area is 113 Å². The molecule has 0 aliphatic carbocycles. The van der Waals surface area contributed by atoms with E-state index in [9.17, 15) is 18.0 Å². The maximum absolute atomic E-state index is 13.0. The van der Waals surface area contributed by atoms with Crippen LogP contribution in [0.25, 0.3) is 11.1 Å². The van der Waals surface area contributed by atoms with Gasteiger partial charge in [-0.15, -0.1) is 0 Å². The molecule has 0 aliphatic heterocycles. The second-order valence-corrected chi connectivity index (χ2v) is 4.12. The molecule has 0 amide bonds. The van der Waals surface area contributed by atoms with Crippen molar-refractivity contribution in [3.63, 3.8) is 0 Å². The Morgan fingerprint density at radius 3 is 2.25 bits per heavy atom. The van der Waals surface area contributed by atoms with Crippen LogP contribution in [0.2, 0.25) is 0 Å². The van der Waals surface area contributed by atoms with Crippen LogP contribution < -0.4 is 0 Å². The first-order chi connectivity index (χ1) is 9.43. The van der Waals surface area contributed by atoms with Crippen molar-refractivity contribution in [3.05, 3.63) is 59.7 Å². The maximum Gasteiger partial charge on any atom is 0.417 e. The zero-order valence-electron chi connectivity index (χ0n) is 10.6. The Morgan fingerprint density at radius 1 is 1.05 bits per heavy atom. The van der Waals surface area contributed by atoms with Crippen molar-refractivity contribution < 1.29 is 22.7 Å². The normalized spacial score (nSPS) is 11.2. The van der Waals surface area contributed by atoms with Gasteiger partial charge < -0.3 is 4.74 Å². The smallest absolute Gasteiger partial charge is 0.417 e. The molecule has 0 aliphatic rings. The summed E-state index contributed by atoms with van der Waals surface area (Å²) in [5.74, 6) is -0.670. The van der Waals surface area contributed by atoms with Crippen molar-refractivity contribution in [2.24, 2.45) is 0 Å². The molecule has 0 aromatic heterocycles. The quantitative estimate of drug-likeness (QED) is 0.772. The Balaban J connectivity index is 2.64. The van der Waals surface area contributed by atoms with E-state index in [1.54, 1.807) is 30.3 Å². The van der Waals surface area contributed by atoms with Crippen LogP contribution in [0.4, 0.5) is 13.2 Å². The molecule has 0 saturated heterocycles. The number of methoxy groups -OCH3 is 1. The van der Waals surface area contributed by atoms with Gasteiger partial charge in [0.2, 0.25) is 0 Å². The second kappa shape index (κ2) is 5.36. The van der Waals surface area contributed by atoms with Crippen molar-refractivity contribution in [2.75, 3.05) is 7.11 Å². The average molecular weight is 280 g/mol. The first-order valence-corrected chi connectivity index (χ1v) is 5.78. The Hall–Kier alpha value is -2.30. The fraction of sp³-hybridized carbons (Fsp3) is 0.133. The fourth-order valence-corrected chi connectivity index (χ4v) is 1.89. The molecule has 0 saturated carbocycles. The van der Waals surface area contributed by atoms with E-state index in [0.717, 1.165) is 12.1 Å². The Kier molecular flexibility index (Phi) is 3.79. The van der Waals surface area contributed by atoms with Gasteiger partial charge in [0.1, 0.15) is 0 Å². The minimum Gasteiger partial charge on any atom is -0.465 e. The summed E-state index contributed by atoms with van der Waals surface area (Å²) in [6.45, 7) is 0. The van der Waals surface area contributed by atoms with E-state index in [-0.39, 0.29) is 11.1 Å². The van der Waals surface area contributed by atoms with Gasteiger partial charge in [0, 0.05) is 0 Å². The van der Waals surface area contributed by atoms with Gasteiger partial charge in [-0.05, 0) is 29.3 Å². The lowest BCUT2D eigenvalue weighted by Crippen LogP contribution is -2.09. The standard InChI is InChI=1S/C15H11F3O2/c1-20-14(19)11-7-8-13(15(16,17)18)12(9-11)10-5-3-2-4-6-10/h2-9H,1H3. The lowest BCUT2D eigenvalue weighted by atomic mass is 9.97. The molecule has 2 aromatic rings. The summed E-state index contributed by atoms with van der Waals surface area (Å²) in [6.07, 6.45) is -4.49. The van der Waals surface area contributed by atoms with Crippen LogP contribution in [0.3, 0.4) is 0 Å². The summed E-state index contributed by atoms with van der Waals surface area (Å²) in [4.78, 5) is 11.5. The molecule has 20 heavy (non-hydrogen) atoms. The molecule has 2 rings (SSSR count). The molecular formula is C15H11F3O2. The van der Waals surface area contributed by atoms with Gasteiger partial charge in [-0.3, -0.25) is 0 Å². The lowest BCUT2D eigenvalue weighted by Gasteiger charge is -2.14. The van der Waals surface area contributed by atoms with Crippen LogP contribution in [0.1, 0.15) is 15.9 Å². The van der Waals surface area contributed by atoms with Crippen LogP contribution in [0.5, 0.6) is 0 Å². The van der Waals surface area contributed by atoms with Gasteiger partial charge >= 0.3 is 12.1 Å². The number of rotatable bonds is 2. The molecule has 2 aromatic carbocycles. The number of benzene rings is 2. The van der Waals surface area contributed by atoms with E-state index in [2.05, 4.69) is 4.74 Å². The summed E-state index contributed by atoms with van der Waals surface area (Å²) in [5.41, 5.74) is -0.345. The van der Waals surface area contributed by atoms with E-state index < -0.39 is 17.7 Å². The molecule has 0 spiro atoms. The predicted octanol–water partition coefficient (Wildman–Crippen LogP) is 4.16. The monoisotopic (exact) mass is 280 g/mol. The second-order valence-electron chi connectivity index (χ2n) is 4.12. The van der Waals surface area contributed by atoms with Gasteiger partial charge in [0.05, 0.1) is 18.2 Å². The first kappa shape index (κ1) is 14.1. The van der Waals surface area contributed by atoms with Gasteiger partial charge in [-0.2, -0.15) is 13.2 Å². The van der Waals surface area contributed by atoms with Crippen LogP contribution in [0, 0.1) is 0 Å². The Morgan fingerprint density at radius 2 is 1.70 bits per heavy atom. The van der Waals surface area contributed by atoms with E-state index >= 15 is 0 Å². The number of carbonyl (C=O) groups is 1. The summed E-state index contributed by atoms with van der Waals surface area (Å²) in [7, 11) is 1.18. The minimum absolute atomic E-state index is 0.0407. The first-order valence-electron chi connectivity index (χ1n) is 5.78. The third-order valence-corrected chi connectivity index (χ3v) is 2.83. The molecule has 0 radical (unpaired) electrons. The zero-order chi connectivity index (χ0) is 14.8. The van der Waals surface area contributed by atoms with Crippen LogP contribution in [-0.2, 0) is 10.9 Å². The van der Waals surface area contributed by atoms with Crippen molar-refractivity contribution in [3.8, 4) is 11.1 Å². The summed E-state index contributed by atoms with van der Waals surface area (Å²) >= 11 is 0. The molecule has 0 atom stereocenters. The lowest BCUT2D eigenvalue weighted by molar-refractivity contribution is -0.137. The molecule has 0 N–H and O–H groups in total. The number of esters is 1. The number of hydrogen-bond donors (Lipinski definition) is 0. The third-order valence-electron chi connectivity index (χ3n) is 2.83. The SMILES string of the molecule is COC(=O)c1ccc(C(F)(F)F)c(-c2ccccc2)c1. The van der Waals surface area contributed by atoms with Gasteiger partial charge in [0.15, 0.2) is 0 Å². The van der Waals surface area contributed by atoms with Crippen LogP contribution >= 0.6 is 0 Å². The molecule has 0 unspecified atom stereocenters. The van der Waals surface area contributed by atoms with Crippen molar-refractivity contribution >= 4 is 5.97 Å². The van der Waals surface area contributed by atoms with Gasteiger partial charge in [0.25, 0.3) is 0 Å². The van der Waals surface area contributed by atoms with E-state index in [0.29, 0.717) is 5.56 Å². The highest BCUT2D eigenvalue weighted by molar-refractivity contribution is 5.91. The van der Waals surface area contributed by atoms with E-state index in [4.69, 9.17) is 0 Å². The number of alkyl halides is 3. The maximum atomic E-state index is 13.0. The van der Waals surface area contributed by atoms with Crippen molar-refractivity contribution in [1.29, 1.82) is 0 Å². The largest absolute Gasteiger partial charge is 0.465 e. The molecule has 104 valence electrons. The fourth-order valence-electron chi connectivity index (χ4n) is 1.89. The summed E-state index contributed by atoms with van der Waals surface area (Å²) < 4.78 is 43.6. The van der Waals surface area contributed by atoms with Crippen LogP contribution in [0.15, 0.2) is 48.5 Å². The minimum atomic E-state index is -4.49. The number of halogens is 3. The van der Waals surface area contributed by atoms with Crippen molar-refractivity contribution in [2.45, 2.75) is 6.18 Å². The third kappa shape index (κ3) is 2.82. The number of ether oxygens (including phenoxy) is 1. The molecule has 5 heteroatoms.